The van der Waals surface area contributed by atoms with E-state index in [2.05, 4.69) is 5.10 Å². The minimum absolute atomic E-state index is 0.193. The summed E-state index contributed by atoms with van der Waals surface area (Å²) in [7, 11) is 1.90. The zero-order valence-corrected chi connectivity index (χ0v) is 10.5. The van der Waals surface area contributed by atoms with Gasteiger partial charge in [0.05, 0.1) is 5.69 Å². The van der Waals surface area contributed by atoms with Crippen molar-refractivity contribution in [1.29, 1.82) is 0 Å². The van der Waals surface area contributed by atoms with Crippen LogP contribution in [0.5, 0.6) is 0 Å². The predicted molar refractivity (Wildman–Crippen MR) is 69.6 cm³/mol. The Morgan fingerprint density at radius 1 is 1.33 bits per heavy atom. The van der Waals surface area contributed by atoms with Crippen LogP contribution in [-0.2, 0) is 19.9 Å². The molecule has 2 rings (SSSR count). The van der Waals surface area contributed by atoms with Gasteiger partial charge in [0.2, 0.25) is 0 Å². The quantitative estimate of drug-likeness (QED) is 0.877. The van der Waals surface area contributed by atoms with Gasteiger partial charge in [-0.15, -0.1) is 0 Å². The maximum absolute atomic E-state index is 13.1. The molecule has 1 aromatic carbocycles. The van der Waals surface area contributed by atoms with Gasteiger partial charge in [-0.25, -0.2) is 4.39 Å². The molecule has 3 nitrogen and oxygen atoms in total. The molecule has 0 aliphatic carbocycles. The summed E-state index contributed by atoms with van der Waals surface area (Å²) in [5.41, 5.74) is 7.80. The summed E-state index contributed by atoms with van der Waals surface area (Å²) < 4.78 is 14.9. The number of aryl methyl sites for hydroxylation is 1. The van der Waals surface area contributed by atoms with E-state index in [1.807, 2.05) is 25.4 Å². The molecule has 1 heterocycles. The van der Waals surface area contributed by atoms with Gasteiger partial charge in [0.15, 0.2) is 0 Å². The number of rotatable bonds is 5. The number of nitrogens with two attached hydrogens (primary N) is 1. The van der Waals surface area contributed by atoms with Crippen molar-refractivity contribution in [3.05, 3.63) is 53.6 Å². The highest BCUT2D eigenvalue weighted by atomic mass is 19.1. The van der Waals surface area contributed by atoms with Crippen LogP contribution in [0.1, 0.15) is 11.3 Å². The van der Waals surface area contributed by atoms with E-state index in [1.165, 1.54) is 6.07 Å². The van der Waals surface area contributed by atoms with Crippen molar-refractivity contribution in [2.45, 2.75) is 12.8 Å². The van der Waals surface area contributed by atoms with Crippen LogP contribution in [-0.4, -0.2) is 16.3 Å². The van der Waals surface area contributed by atoms with Crippen LogP contribution in [0.2, 0.25) is 0 Å². The zero-order valence-electron chi connectivity index (χ0n) is 10.5. The van der Waals surface area contributed by atoms with E-state index in [0.29, 0.717) is 12.5 Å². The summed E-state index contributed by atoms with van der Waals surface area (Å²) in [6.07, 6.45) is 3.53. The summed E-state index contributed by atoms with van der Waals surface area (Å²) >= 11 is 0. The molecule has 0 amide bonds. The first-order chi connectivity index (χ1) is 8.67. The van der Waals surface area contributed by atoms with Gasteiger partial charge < -0.3 is 5.73 Å². The van der Waals surface area contributed by atoms with E-state index < -0.39 is 0 Å². The molecule has 0 aliphatic heterocycles. The highest BCUT2D eigenvalue weighted by Crippen LogP contribution is 2.13. The molecule has 0 aliphatic rings. The van der Waals surface area contributed by atoms with E-state index in [9.17, 15) is 4.39 Å². The number of benzene rings is 1. The summed E-state index contributed by atoms with van der Waals surface area (Å²) in [6.45, 7) is 0.576. The molecule has 1 aromatic heterocycles. The van der Waals surface area contributed by atoms with E-state index in [-0.39, 0.29) is 5.82 Å². The van der Waals surface area contributed by atoms with E-state index in [0.717, 1.165) is 24.1 Å². The average molecular weight is 247 g/mol. The highest BCUT2D eigenvalue weighted by molar-refractivity contribution is 5.17. The molecular formula is C14H18FN3. The molecule has 0 saturated heterocycles. The standard InChI is InChI=1S/C14H18FN3/c1-18-6-5-14(17-18)9-12(10-16)7-11-3-2-4-13(15)8-11/h2-6,8,12H,7,9-10,16H2,1H3. The molecule has 1 atom stereocenters. The Kier molecular flexibility index (Phi) is 4.10. The van der Waals surface area contributed by atoms with Gasteiger partial charge in [-0.05, 0) is 49.1 Å². The second-order valence-corrected chi connectivity index (χ2v) is 4.62. The number of aromatic nitrogens is 2. The first-order valence-corrected chi connectivity index (χ1v) is 6.10. The van der Waals surface area contributed by atoms with E-state index in [4.69, 9.17) is 5.73 Å². The molecule has 2 aromatic rings. The molecule has 0 bridgehead atoms. The van der Waals surface area contributed by atoms with Crippen LogP contribution in [0.3, 0.4) is 0 Å². The summed E-state index contributed by atoms with van der Waals surface area (Å²) in [5.74, 6) is 0.0998. The van der Waals surface area contributed by atoms with Crippen molar-refractivity contribution in [2.24, 2.45) is 18.7 Å². The van der Waals surface area contributed by atoms with Crippen LogP contribution in [0, 0.1) is 11.7 Å². The zero-order chi connectivity index (χ0) is 13.0. The molecule has 1 unspecified atom stereocenters. The second kappa shape index (κ2) is 5.78. The van der Waals surface area contributed by atoms with E-state index >= 15 is 0 Å². The Balaban J connectivity index is 2.01. The molecule has 96 valence electrons. The van der Waals surface area contributed by atoms with Crippen molar-refractivity contribution < 1.29 is 4.39 Å². The van der Waals surface area contributed by atoms with Crippen molar-refractivity contribution >= 4 is 0 Å². The maximum atomic E-state index is 13.1. The SMILES string of the molecule is Cn1ccc(CC(CN)Cc2cccc(F)c2)n1. The number of nitrogens with zero attached hydrogens (tertiary/aromatic N) is 2. The van der Waals surface area contributed by atoms with Crippen molar-refractivity contribution in [3.63, 3.8) is 0 Å². The molecule has 0 spiro atoms. The fourth-order valence-corrected chi connectivity index (χ4v) is 2.10. The largest absolute Gasteiger partial charge is 0.330 e. The van der Waals surface area contributed by atoms with Gasteiger partial charge in [-0.2, -0.15) is 5.10 Å². The molecule has 2 N–H and O–H groups in total. The van der Waals surface area contributed by atoms with Crippen LogP contribution in [0.25, 0.3) is 0 Å². The summed E-state index contributed by atoms with van der Waals surface area (Å²) in [5, 5.41) is 4.34. The smallest absolute Gasteiger partial charge is 0.123 e. The number of halogens is 1. The average Bonchev–Trinajstić information content (AvgIpc) is 2.74. The molecule has 0 saturated carbocycles. The Hall–Kier alpha value is -1.68. The summed E-state index contributed by atoms with van der Waals surface area (Å²) in [4.78, 5) is 0. The van der Waals surface area contributed by atoms with Crippen LogP contribution in [0.4, 0.5) is 4.39 Å². The topological polar surface area (TPSA) is 43.8 Å². The molecule has 4 heteroatoms. The third kappa shape index (κ3) is 3.40. The number of hydrogen-bond acceptors (Lipinski definition) is 2. The van der Waals surface area contributed by atoms with Gasteiger partial charge in [-0.1, -0.05) is 12.1 Å². The minimum Gasteiger partial charge on any atom is -0.330 e. The predicted octanol–water partition coefficient (Wildman–Crippen LogP) is 1.92. The van der Waals surface area contributed by atoms with Gasteiger partial charge in [0.25, 0.3) is 0 Å². The van der Waals surface area contributed by atoms with Crippen molar-refractivity contribution in [3.8, 4) is 0 Å². The first-order valence-electron chi connectivity index (χ1n) is 6.10. The van der Waals surface area contributed by atoms with Gasteiger partial charge in [-0.3, -0.25) is 4.68 Å². The second-order valence-electron chi connectivity index (χ2n) is 4.62. The van der Waals surface area contributed by atoms with Gasteiger partial charge in [0.1, 0.15) is 5.82 Å². The Morgan fingerprint density at radius 2 is 2.17 bits per heavy atom. The number of hydrogen-bond donors (Lipinski definition) is 1. The molecule has 18 heavy (non-hydrogen) atoms. The lowest BCUT2D eigenvalue weighted by atomic mass is 9.95. The van der Waals surface area contributed by atoms with Gasteiger partial charge in [0, 0.05) is 13.2 Å². The van der Waals surface area contributed by atoms with Crippen molar-refractivity contribution in [1.82, 2.24) is 9.78 Å². The normalized spacial score (nSPS) is 12.6. The van der Waals surface area contributed by atoms with Crippen LogP contribution < -0.4 is 5.73 Å². The van der Waals surface area contributed by atoms with Gasteiger partial charge >= 0.3 is 0 Å². The van der Waals surface area contributed by atoms with E-state index in [1.54, 1.807) is 16.8 Å². The highest BCUT2D eigenvalue weighted by Gasteiger charge is 2.11. The third-order valence-electron chi connectivity index (χ3n) is 3.01. The molecule has 0 fully saturated rings. The Morgan fingerprint density at radius 3 is 2.78 bits per heavy atom. The van der Waals surface area contributed by atoms with Crippen LogP contribution in [0.15, 0.2) is 36.5 Å². The fourth-order valence-electron chi connectivity index (χ4n) is 2.10. The Labute approximate surface area is 106 Å². The molecular weight excluding hydrogens is 229 g/mol. The monoisotopic (exact) mass is 247 g/mol. The lowest BCUT2D eigenvalue weighted by molar-refractivity contribution is 0.520. The Bertz CT molecular complexity index is 507. The fraction of sp³-hybridized carbons (Fsp3) is 0.357. The van der Waals surface area contributed by atoms with Crippen molar-refractivity contribution in [2.75, 3.05) is 6.54 Å². The third-order valence-corrected chi connectivity index (χ3v) is 3.01. The first kappa shape index (κ1) is 12.8. The lowest BCUT2D eigenvalue weighted by Gasteiger charge is -2.13. The maximum Gasteiger partial charge on any atom is 0.123 e. The summed E-state index contributed by atoms with van der Waals surface area (Å²) in [6, 6.07) is 8.69. The van der Waals surface area contributed by atoms with Crippen LogP contribution >= 0.6 is 0 Å². The lowest BCUT2D eigenvalue weighted by Crippen LogP contribution is -2.19. The molecule has 0 radical (unpaired) electrons. The minimum atomic E-state index is -0.193.